The van der Waals surface area contributed by atoms with Crippen LogP contribution in [0.5, 0.6) is 0 Å². The molecule has 4 heteroatoms. The summed E-state index contributed by atoms with van der Waals surface area (Å²) in [7, 11) is 0. The average Bonchev–Trinajstić information content (AvgIpc) is 3.15. The maximum atomic E-state index is 12.3. The molecule has 4 nitrogen and oxygen atoms in total. The number of hydrogen-bond donors (Lipinski definition) is 1. The Morgan fingerprint density at radius 3 is 2.21 bits per heavy atom. The highest BCUT2D eigenvalue weighted by Gasteiger charge is 2.49. The molecule has 0 aromatic rings. The summed E-state index contributed by atoms with van der Waals surface area (Å²) >= 11 is 0. The molecule has 1 aliphatic rings. The van der Waals surface area contributed by atoms with E-state index in [-0.39, 0.29) is 23.7 Å². The van der Waals surface area contributed by atoms with E-state index in [0.29, 0.717) is 12.5 Å². The number of nitrogens with zero attached hydrogens (tertiary/aromatic N) is 1. The third kappa shape index (κ3) is 4.84. The third-order valence-electron chi connectivity index (χ3n) is 3.43. The molecule has 1 saturated carbocycles. The van der Waals surface area contributed by atoms with Crippen molar-refractivity contribution in [2.45, 2.75) is 47.0 Å². The number of hydrogen-bond acceptors (Lipinski definition) is 2. The molecule has 0 bridgehead atoms. The van der Waals surface area contributed by atoms with E-state index < -0.39 is 0 Å². The fraction of sp³-hybridized carbons (Fsp3) is 0.867. The van der Waals surface area contributed by atoms with Crippen molar-refractivity contribution in [1.29, 1.82) is 0 Å². The lowest BCUT2D eigenvalue weighted by molar-refractivity contribution is -0.134. The quantitative estimate of drug-likeness (QED) is 0.732. The molecule has 2 unspecified atom stereocenters. The van der Waals surface area contributed by atoms with Gasteiger partial charge in [0.2, 0.25) is 11.8 Å². The van der Waals surface area contributed by atoms with Gasteiger partial charge in [-0.15, -0.1) is 0 Å². The van der Waals surface area contributed by atoms with E-state index in [2.05, 4.69) is 33.0 Å². The van der Waals surface area contributed by atoms with Gasteiger partial charge in [-0.1, -0.05) is 27.7 Å². The molecule has 2 amide bonds. The zero-order valence-electron chi connectivity index (χ0n) is 12.7. The summed E-state index contributed by atoms with van der Waals surface area (Å²) in [6.45, 7) is 10.6. The highest BCUT2D eigenvalue weighted by molar-refractivity contribution is 5.92. The lowest BCUT2D eigenvalue weighted by Gasteiger charge is -2.21. The van der Waals surface area contributed by atoms with E-state index in [1.807, 2.05) is 4.90 Å². The van der Waals surface area contributed by atoms with Crippen molar-refractivity contribution in [1.82, 2.24) is 10.2 Å². The second kappa shape index (κ2) is 7.51. The van der Waals surface area contributed by atoms with Crippen LogP contribution >= 0.6 is 0 Å². The number of carbonyl (C=O) groups excluding carboxylic acids is 2. The van der Waals surface area contributed by atoms with Crippen LogP contribution in [0.2, 0.25) is 0 Å². The molecule has 0 spiro atoms. The summed E-state index contributed by atoms with van der Waals surface area (Å²) in [6, 6.07) is 0. The van der Waals surface area contributed by atoms with Crippen LogP contribution in [0.3, 0.4) is 0 Å². The molecule has 0 saturated heterocycles. The Bertz CT molecular complexity index is 309. The van der Waals surface area contributed by atoms with Crippen LogP contribution < -0.4 is 5.32 Å². The van der Waals surface area contributed by atoms with Crippen LogP contribution in [-0.4, -0.2) is 36.3 Å². The highest BCUT2D eigenvalue weighted by atomic mass is 16.2. The monoisotopic (exact) mass is 268 g/mol. The molecular weight excluding hydrogens is 240 g/mol. The minimum atomic E-state index is -0.0811. The first-order valence-electron chi connectivity index (χ1n) is 7.57. The van der Waals surface area contributed by atoms with Gasteiger partial charge in [-0.25, -0.2) is 0 Å². The number of nitrogens with one attached hydrogen (secondary N) is 1. The van der Waals surface area contributed by atoms with E-state index in [4.69, 9.17) is 0 Å². The lowest BCUT2D eigenvalue weighted by atomic mass is 10.2. The van der Waals surface area contributed by atoms with Crippen LogP contribution in [0.15, 0.2) is 0 Å². The van der Waals surface area contributed by atoms with E-state index in [1.54, 1.807) is 0 Å². The molecule has 0 aliphatic heterocycles. The minimum absolute atomic E-state index is 0.0556. The Labute approximate surface area is 116 Å². The molecule has 0 aromatic heterocycles. The fourth-order valence-electron chi connectivity index (χ4n) is 2.30. The van der Waals surface area contributed by atoms with Gasteiger partial charge in [-0.05, 0) is 25.2 Å². The average molecular weight is 268 g/mol. The Hall–Kier alpha value is -1.06. The first-order valence-corrected chi connectivity index (χ1v) is 7.57. The van der Waals surface area contributed by atoms with Crippen molar-refractivity contribution in [2.24, 2.45) is 17.8 Å². The predicted octanol–water partition coefficient (Wildman–Crippen LogP) is 2.04. The summed E-state index contributed by atoms with van der Waals surface area (Å²) in [5.74, 6) is 0.537. The Kier molecular flexibility index (Phi) is 6.32. The van der Waals surface area contributed by atoms with Gasteiger partial charge in [0.1, 0.15) is 0 Å². The number of amides is 2. The maximum Gasteiger partial charge on any atom is 0.226 e. The standard InChI is InChI=1S/C15H28N2O2/c1-5-7-17(8-6-2)15(19)13-9-12(13)14(18)16-10-11(3)4/h11-13H,5-10H2,1-4H3,(H,16,18). The van der Waals surface area contributed by atoms with E-state index in [1.165, 1.54) is 0 Å². The molecule has 1 N–H and O–H groups in total. The van der Waals surface area contributed by atoms with E-state index in [0.717, 1.165) is 32.4 Å². The number of rotatable bonds is 8. The van der Waals surface area contributed by atoms with Crippen molar-refractivity contribution in [3.05, 3.63) is 0 Å². The van der Waals surface area contributed by atoms with Crippen LogP contribution in [0.25, 0.3) is 0 Å². The van der Waals surface area contributed by atoms with Gasteiger partial charge in [-0.3, -0.25) is 9.59 Å². The molecule has 0 radical (unpaired) electrons. The van der Waals surface area contributed by atoms with Crippen LogP contribution in [-0.2, 0) is 9.59 Å². The molecule has 1 aliphatic carbocycles. The van der Waals surface area contributed by atoms with Gasteiger partial charge in [0.05, 0.1) is 11.8 Å². The summed E-state index contributed by atoms with van der Waals surface area (Å²) < 4.78 is 0. The summed E-state index contributed by atoms with van der Waals surface area (Å²) in [5, 5.41) is 2.92. The Morgan fingerprint density at radius 1 is 1.16 bits per heavy atom. The molecule has 0 heterocycles. The molecule has 0 aromatic carbocycles. The van der Waals surface area contributed by atoms with Gasteiger partial charge in [0.25, 0.3) is 0 Å². The SMILES string of the molecule is CCCN(CCC)C(=O)C1CC1C(=O)NCC(C)C. The Balaban J connectivity index is 2.41. The molecule has 1 fully saturated rings. The largest absolute Gasteiger partial charge is 0.356 e. The van der Waals surface area contributed by atoms with Crippen molar-refractivity contribution in [3.8, 4) is 0 Å². The fourth-order valence-corrected chi connectivity index (χ4v) is 2.30. The smallest absolute Gasteiger partial charge is 0.226 e. The molecule has 110 valence electrons. The van der Waals surface area contributed by atoms with Gasteiger partial charge in [0.15, 0.2) is 0 Å². The Morgan fingerprint density at radius 2 is 1.74 bits per heavy atom. The zero-order chi connectivity index (χ0) is 14.4. The lowest BCUT2D eigenvalue weighted by Crippen LogP contribution is -2.36. The van der Waals surface area contributed by atoms with Crippen LogP contribution in [0.4, 0.5) is 0 Å². The summed E-state index contributed by atoms with van der Waals surface area (Å²) in [4.78, 5) is 26.1. The first-order chi connectivity index (χ1) is 9.01. The topological polar surface area (TPSA) is 49.4 Å². The molecular formula is C15H28N2O2. The molecule has 2 atom stereocenters. The van der Waals surface area contributed by atoms with Crippen LogP contribution in [0.1, 0.15) is 47.0 Å². The minimum Gasteiger partial charge on any atom is -0.356 e. The maximum absolute atomic E-state index is 12.3. The predicted molar refractivity (Wildman–Crippen MR) is 76.6 cm³/mol. The second-order valence-corrected chi connectivity index (χ2v) is 5.91. The molecule has 1 rings (SSSR count). The second-order valence-electron chi connectivity index (χ2n) is 5.91. The highest BCUT2D eigenvalue weighted by Crippen LogP contribution is 2.40. The van der Waals surface area contributed by atoms with Gasteiger partial charge >= 0.3 is 0 Å². The van der Waals surface area contributed by atoms with Crippen molar-refractivity contribution >= 4 is 11.8 Å². The van der Waals surface area contributed by atoms with Crippen molar-refractivity contribution < 1.29 is 9.59 Å². The first kappa shape index (κ1) is 16.0. The van der Waals surface area contributed by atoms with Gasteiger partial charge in [-0.2, -0.15) is 0 Å². The van der Waals surface area contributed by atoms with Crippen molar-refractivity contribution in [2.75, 3.05) is 19.6 Å². The number of carbonyl (C=O) groups is 2. The van der Waals surface area contributed by atoms with Gasteiger partial charge in [0, 0.05) is 19.6 Å². The van der Waals surface area contributed by atoms with E-state index >= 15 is 0 Å². The van der Waals surface area contributed by atoms with Crippen LogP contribution in [0, 0.1) is 17.8 Å². The zero-order valence-corrected chi connectivity index (χ0v) is 12.7. The summed E-state index contributed by atoms with van der Waals surface area (Å²) in [6.07, 6.45) is 2.68. The third-order valence-corrected chi connectivity index (χ3v) is 3.43. The normalized spacial score (nSPS) is 21.3. The van der Waals surface area contributed by atoms with Gasteiger partial charge < -0.3 is 10.2 Å². The van der Waals surface area contributed by atoms with E-state index in [9.17, 15) is 9.59 Å². The van der Waals surface area contributed by atoms with Crippen molar-refractivity contribution in [3.63, 3.8) is 0 Å². The molecule has 19 heavy (non-hydrogen) atoms. The summed E-state index contributed by atoms with van der Waals surface area (Å²) in [5.41, 5.74) is 0.